The zero-order valence-electron chi connectivity index (χ0n) is 4.83. The molecule has 0 aromatic heterocycles. The standard InChI is InChI=1S/C3H7.BH3O3.Sn/c1-3-2;2-1(3)4;/h1,3H2,2H3;2-4H;. The van der Waals surface area contributed by atoms with Crippen molar-refractivity contribution in [2.75, 3.05) is 0 Å². The fraction of sp³-hybridized carbons (Fsp3) is 1.00. The fourth-order valence-corrected chi connectivity index (χ4v) is 0. The molecule has 3 nitrogen and oxygen atoms in total. The van der Waals surface area contributed by atoms with E-state index >= 15 is 0 Å². The van der Waals surface area contributed by atoms with Crippen molar-refractivity contribution in [3.8, 4) is 0 Å². The first kappa shape index (κ1) is 11.5. The predicted molar refractivity (Wildman–Crippen MR) is 33.3 cm³/mol. The van der Waals surface area contributed by atoms with Crippen molar-refractivity contribution in [2.24, 2.45) is 0 Å². The number of hydrogen-bond acceptors (Lipinski definition) is 3. The van der Waals surface area contributed by atoms with Gasteiger partial charge in [0.25, 0.3) is 0 Å². The summed E-state index contributed by atoms with van der Waals surface area (Å²) in [7, 11) is -2.17. The smallest absolute Gasteiger partial charge is 0.402 e. The van der Waals surface area contributed by atoms with Gasteiger partial charge < -0.3 is 15.1 Å². The van der Waals surface area contributed by atoms with Crippen molar-refractivity contribution in [2.45, 2.75) is 17.8 Å². The van der Waals surface area contributed by atoms with E-state index in [1.165, 1.54) is 10.9 Å². The molecule has 0 saturated carbocycles. The van der Waals surface area contributed by atoms with Crippen molar-refractivity contribution in [3.63, 3.8) is 0 Å². The Morgan fingerprint density at radius 3 is 1.50 bits per heavy atom. The fourth-order valence-electron chi connectivity index (χ4n) is 0. The summed E-state index contributed by atoms with van der Waals surface area (Å²) in [6, 6.07) is 0. The van der Waals surface area contributed by atoms with Crippen LogP contribution in [0.1, 0.15) is 13.3 Å². The molecule has 47 valence electrons. The van der Waals surface area contributed by atoms with E-state index in [-0.39, 0.29) is 0 Å². The van der Waals surface area contributed by atoms with Crippen molar-refractivity contribution >= 4 is 29.8 Å². The Morgan fingerprint density at radius 1 is 1.38 bits per heavy atom. The molecule has 0 fully saturated rings. The van der Waals surface area contributed by atoms with E-state index in [9.17, 15) is 0 Å². The maximum absolute atomic E-state index is 7.17. The average Bonchev–Trinajstić information content (AvgIpc) is 1.65. The van der Waals surface area contributed by atoms with Gasteiger partial charge in [-0.05, 0) is 0 Å². The third-order valence-electron chi connectivity index (χ3n) is 0.250. The summed E-state index contributed by atoms with van der Waals surface area (Å²) in [5, 5.41) is 21.5. The van der Waals surface area contributed by atoms with E-state index in [1.807, 2.05) is 0 Å². The molecule has 0 unspecified atom stereocenters. The minimum Gasteiger partial charge on any atom is -0.402 e. The largest absolute Gasteiger partial charge is 0.631 e. The van der Waals surface area contributed by atoms with Gasteiger partial charge in [0.05, 0.1) is 0 Å². The zero-order chi connectivity index (χ0) is 6.99. The Balaban J connectivity index is 0. The summed E-state index contributed by atoms with van der Waals surface area (Å²) in [4.78, 5) is 0. The zero-order valence-corrected chi connectivity index (χ0v) is 7.69. The average molecular weight is 224 g/mol. The molecule has 3 N–H and O–H groups in total. The van der Waals surface area contributed by atoms with Gasteiger partial charge in [-0.25, -0.2) is 0 Å². The molecule has 0 rings (SSSR count). The molecule has 0 spiro atoms. The number of rotatable bonds is 1. The predicted octanol–water partition coefficient (Wildman–Crippen LogP) is -1.07. The number of hydrogen-bond donors (Lipinski definition) is 3. The second kappa shape index (κ2) is 10.7. The van der Waals surface area contributed by atoms with Crippen LogP contribution >= 0.6 is 0 Å². The van der Waals surface area contributed by atoms with E-state index in [2.05, 4.69) is 6.92 Å². The molecule has 0 aromatic rings. The van der Waals surface area contributed by atoms with Gasteiger partial charge in [0, 0.05) is 0 Å². The van der Waals surface area contributed by atoms with Gasteiger partial charge in [0.1, 0.15) is 0 Å². The van der Waals surface area contributed by atoms with Gasteiger partial charge in [0.15, 0.2) is 0 Å². The van der Waals surface area contributed by atoms with Crippen LogP contribution in [0.2, 0.25) is 4.44 Å². The molecule has 3 radical (unpaired) electrons. The van der Waals surface area contributed by atoms with Gasteiger partial charge in [-0.2, -0.15) is 0 Å². The molecule has 8 heavy (non-hydrogen) atoms. The summed E-state index contributed by atoms with van der Waals surface area (Å²) in [6.07, 6.45) is 1.36. The van der Waals surface area contributed by atoms with E-state index in [0.29, 0.717) is 0 Å². The van der Waals surface area contributed by atoms with Gasteiger partial charge in [-0.15, -0.1) is 0 Å². The second-order valence-corrected chi connectivity index (χ2v) is 2.52. The summed E-state index contributed by atoms with van der Waals surface area (Å²) >= 11 is 1.67. The van der Waals surface area contributed by atoms with Crippen LogP contribution in [0, 0.1) is 0 Å². The minimum atomic E-state index is -2.17. The van der Waals surface area contributed by atoms with E-state index in [4.69, 9.17) is 15.1 Å². The van der Waals surface area contributed by atoms with Gasteiger partial charge in [-0.3, -0.25) is 0 Å². The van der Waals surface area contributed by atoms with Crippen LogP contribution < -0.4 is 0 Å². The normalized spacial score (nSPS) is 7.12. The Morgan fingerprint density at radius 2 is 1.50 bits per heavy atom. The van der Waals surface area contributed by atoms with E-state index in [0.717, 1.165) is 0 Å². The minimum absolute atomic E-state index is 1.36. The maximum atomic E-state index is 7.17. The molecular weight excluding hydrogens is 214 g/mol. The molecule has 0 aliphatic carbocycles. The summed E-state index contributed by atoms with van der Waals surface area (Å²) in [5.74, 6) is 0. The first-order chi connectivity index (χ1) is 3.65. The third kappa shape index (κ3) is 73.2. The van der Waals surface area contributed by atoms with Crippen LogP contribution in [-0.4, -0.2) is 44.9 Å². The SMILES string of the molecule is CC[CH2][Sn].OB(O)O. The summed E-state index contributed by atoms with van der Waals surface area (Å²) < 4.78 is 1.41. The van der Waals surface area contributed by atoms with E-state index < -0.39 is 7.32 Å². The molecule has 0 bridgehead atoms. The van der Waals surface area contributed by atoms with Gasteiger partial charge in [-0.1, -0.05) is 0 Å². The van der Waals surface area contributed by atoms with Crippen LogP contribution in [0.25, 0.3) is 0 Å². The second-order valence-electron chi connectivity index (χ2n) is 1.10. The molecule has 0 atom stereocenters. The van der Waals surface area contributed by atoms with Crippen molar-refractivity contribution in [1.29, 1.82) is 0 Å². The summed E-state index contributed by atoms with van der Waals surface area (Å²) in [5.41, 5.74) is 0. The molecule has 0 aromatic carbocycles. The van der Waals surface area contributed by atoms with Crippen LogP contribution in [-0.2, 0) is 0 Å². The Labute approximate surface area is 63.0 Å². The Hall–Kier alpha value is 0.744. The first-order valence-corrected chi connectivity index (χ1v) is 4.35. The quantitative estimate of drug-likeness (QED) is 0.497. The van der Waals surface area contributed by atoms with Gasteiger partial charge in [0.2, 0.25) is 0 Å². The monoisotopic (exact) mass is 225 g/mol. The molecule has 0 heterocycles. The van der Waals surface area contributed by atoms with Crippen LogP contribution in [0.4, 0.5) is 0 Å². The third-order valence-corrected chi connectivity index (χ3v) is 1.68. The Kier molecular flexibility index (Phi) is 15.4. The molecular formula is C3H10BO3Sn. The summed E-state index contributed by atoms with van der Waals surface area (Å²) in [6.45, 7) is 2.20. The molecule has 5 heteroatoms. The van der Waals surface area contributed by atoms with E-state index in [1.54, 1.807) is 22.5 Å². The topological polar surface area (TPSA) is 60.7 Å². The van der Waals surface area contributed by atoms with Crippen LogP contribution in [0.5, 0.6) is 0 Å². The molecule has 0 saturated heterocycles. The maximum Gasteiger partial charge on any atom is 0.631 e. The molecule has 0 amide bonds. The first-order valence-electron chi connectivity index (χ1n) is 2.34. The van der Waals surface area contributed by atoms with Crippen LogP contribution in [0.15, 0.2) is 0 Å². The van der Waals surface area contributed by atoms with Crippen LogP contribution in [0.3, 0.4) is 0 Å². The Bertz CT molecular complexity index is 31.0. The van der Waals surface area contributed by atoms with Crippen molar-refractivity contribution in [3.05, 3.63) is 0 Å². The molecule has 0 aliphatic heterocycles. The van der Waals surface area contributed by atoms with Gasteiger partial charge >= 0.3 is 47.6 Å². The van der Waals surface area contributed by atoms with Crippen molar-refractivity contribution in [1.82, 2.24) is 0 Å². The van der Waals surface area contributed by atoms with Crippen molar-refractivity contribution < 1.29 is 15.1 Å². The molecule has 0 aliphatic rings.